The van der Waals surface area contributed by atoms with E-state index in [2.05, 4.69) is 45.7 Å². The Hall–Kier alpha value is -0.150. The number of hydrogen-bond acceptors (Lipinski definition) is 1. The van der Waals surface area contributed by atoms with Gasteiger partial charge < -0.3 is 0 Å². The summed E-state index contributed by atoms with van der Waals surface area (Å²) in [5.41, 5.74) is 0.782. The maximum Gasteiger partial charge on any atom is 0.165 e. The van der Waals surface area contributed by atoms with Crippen LogP contribution in [0.1, 0.15) is 37.0 Å². The van der Waals surface area contributed by atoms with Crippen LogP contribution in [0.15, 0.2) is 27.1 Å². The first-order valence-corrected chi connectivity index (χ1v) is 6.67. The molecule has 1 rings (SSSR count). The lowest BCUT2D eigenvalue weighted by Crippen LogP contribution is -2.12. The van der Waals surface area contributed by atoms with Gasteiger partial charge in [-0.3, -0.25) is 4.79 Å². The summed E-state index contributed by atoms with van der Waals surface area (Å²) < 4.78 is 1.87. The van der Waals surface area contributed by atoms with E-state index in [4.69, 9.17) is 0 Å². The quantitative estimate of drug-likeness (QED) is 0.721. The molecule has 15 heavy (non-hydrogen) atoms. The van der Waals surface area contributed by atoms with Crippen molar-refractivity contribution in [1.82, 2.24) is 0 Å². The molecular weight excluding hydrogens is 320 g/mol. The minimum absolute atomic E-state index is 0.145. The van der Waals surface area contributed by atoms with Crippen LogP contribution in [0.4, 0.5) is 0 Å². The predicted octanol–water partition coefficient (Wildman–Crippen LogP) is 4.83. The number of carbonyl (C=O) groups is 1. The van der Waals surface area contributed by atoms with Crippen molar-refractivity contribution in [2.45, 2.75) is 26.7 Å². The first-order chi connectivity index (χ1) is 7.08. The van der Waals surface area contributed by atoms with Crippen LogP contribution in [0.3, 0.4) is 0 Å². The van der Waals surface area contributed by atoms with Crippen molar-refractivity contribution in [2.24, 2.45) is 5.92 Å². The fourth-order valence-corrected chi connectivity index (χ4v) is 2.88. The van der Waals surface area contributed by atoms with Crippen molar-refractivity contribution in [3.05, 3.63) is 32.7 Å². The SMILES string of the molecule is CCC(CC)C(=O)c1cc(Br)cc(Br)c1. The molecule has 0 atom stereocenters. The highest BCUT2D eigenvalue weighted by Gasteiger charge is 2.16. The van der Waals surface area contributed by atoms with Gasteiger partial charge in [0.15, 0.2) is 5.78 Å². The van der Waals surface area contributed by atoms with Gasteiger partial charge in [0.25, 0.3) is 0 Å². The van der Waals surface area contributed by atoms with Crippen LogP contribution in [0, 0.1) is 5.92 Å². The lowest BCUT2D eigenvalue weighted by atomic mass is 9.93. The first kappa shape index (κ1) is 12.9. The predicted molar refractivity (Wildman–Crippen MR) is 70.2 cm³/mol. The summed E-state index contributed by atoms with van der Waals surface area (Å²) in [5.74, 6) is 0.383. The van der Waals surface area contributed by atoms with Crippen LogP contribution >= 0.6 is 31.9 Å². The van der Waals surface area contributed by atoms with E-state index >= 15 is 0 Å². The molecule has 1 aromatic carbocycles. The molecule has 0 heterocycles. The molecule has 3 heteroatoms. The number of halogens is 2. The van der Waals surface area contributed by atoms with Gasteiger partial charge >= 0.3 is 0 Å². The lowest BCUT2D eigenvalue weighted by molar-refractivity contribution is 0.0913. The van der Waals surface area contributed by atoms with Gasteiger partial charge in [-0.05, 0) is 31.0 Å². The maximum atomic E-state index is 12.1. The van der Waals surface area contributed by atoms with Crippen molar-refractivity contribution < 1.29 is 4.79 Å². The molecular formula is C12H14Br2O. The van der Waals surface area contributed by atoms with Gasteiger partial charge in [0.2, 0.25) is 0 Å². The fourth-order valence-electron chi connectivity index (χ4n) is 1.59. The van der Waals surface area contributed by atoms with Crippen molar-refractivity contribution in [3.63, 3.8) is 0 Å². The molecule has 1 aromatic rings. The summed E-state index contributed by atoms with van der Waals surface area (Å²) in [4.78, 5) is 12.1. The van der Waals surface area contributed by atoms with Crippen molar-refractivity contribution in [1.29, 1.82) is 0 Å². The van der Waals surface area contributed by atoms with Gasteiger partial charge in [-0.2, -0.15) is 0 Å². The molecule has 0 amide bonds. The van der Waals surface area contributed by atoms with Crippen LogP contribution in [0.25, 0.3) is 0 Å². The molecule has 0 aliphatic heterocycles. The van der Waals surface area contributed by atoms with Crippen molar-refractivity contribution in [2.75, 3.05) is 0 Å². The minimum Gasteiger partial charge on any atom is -0.294 e. The molecule has 0 aliphatic rings. The Bertz CT molecular complexity index is 336. The highest BCUT2D eigenvalue weighted by Crippen LogP contribution is 2.23. The van der Waals surface area contributed by atoms with E-state index in [1.807, 2.05) is 18.2 Å². The molecule has 0 radical (unpaired) electrons. The summed E-state index contributed by atoms with van der Waals surface area (Å²) in [6.07, 6.45) is 1.80. The lowest BCUT2D eigenvalue weighted by Gasteiger charge is -2.11. The maximum absolute atomic E-state index is 12.1. The number of carbonyl (C=O) groups excluding carboxylic acids is 1. The Kier molecular flexibility index (Phi) is 5.00. The Morgan fingerprint density at radius 2 is 1.60 bits per heavy atom. The molecule has 0 saturated carbocycles. The molecule has 82 valence electrons. The number of ketones is 1. The number of hydrogen-bond donors (Lipinski definition) is 0. The molecule has 0 spiro atoms. The second-order valence-electron chi connectivity index (χ2n) is 3.54. The molecule has 0 aliphatic carbocycles. The van der Waals surface area contributed by atoms with E-state index in [0.29, 0.717) is 0 Å². The average Bonchev–Trinajstić information content (AvgIpc) is 2.18. The zero-order valence-corrected chi connectivity index (χ0v) is 12.1. The smallest absolute Gasteiger partial charge is 0.165 e. The summed E-state index contributed by atoms with van der Waals surface area (Å²) in [6, 6.07) is 5.69. The van der Waals surface area contributed by atoms with Crippen LogP contribution in [0.5, 0.6) is 0 Å². The first-order valence-electron chi connectivity index (χ1n) is 5.08. The Balaban J connectivity index is 3.00. The zero-order valence-electron chi connectivity index (χ0n) is 8.89. The fraction of sp³-hybridized carbons (Fsp3) is 0.417. The summed E-state index contributed by atoms with van der Waals surface area (Å²) >= 11 is 6.78. The van der Waals surface area contributed by atoms with Gasteiger partial charge in [0.05, 0.1) is 0 Å². The molecule has 0 fully saturated rings. The highest BCUT2D eigenvalue weighted by molar-refractivity contribution is 9.11. The van der Waals surface area contributed by atoms with Crippen LogP contribution < -0.4 is 0 Å². The third-order valence-electron chi connectivity index (χ3n) is 2.50. The summed E-state index contributed by atoms with van der Waals surface area (Å²) in [5, 5.41) is 0. The normalized spacial score (nSPS) is 10.7. The Morgan fingerprint density at radius 3 is 2.00 bits per heavy atom. The molecule has 0 N–H and O–H groups in total. The number of rotatable bonds is 4. The second-order valence-corrected chi connectivity index (χ2v) is 5.37. The molecule has 0 saturated heterocycles. The summed E-state index contributed by atoms with van der Waals surface area (Å²) in [6.45, 7) is 4.11. The Labute approximate surface area is 108 Å². The monoisotopic (exact) mass is 332 g/mol. The van der Waals surface area contributed by atoms with E-state index < -0.39 is 0 Å². The van der Waals surface area contributed by atoms with Gasteiger partial charge in [-0.25, -0.2) is 0 Å². The second kappa shape index (κ2) is 5.80. The molecule has 1 nitrogen and oxygen atoms in total. The standard InChI is InChI=1S/C12H14Br2O/c1-3-8(4-2)12(15)9-5-10(13)7-11(14)6-9/h5-8H,3-4H2,1-2H3. The van der Waals surface area contributed by atoms with E-state index in [9.17, 15) is 4.79 Å². The van der Waals surface area contributed by atoms with Crippen LogP contribution in [-0.4, -0.2) is 5.78 Å². The average molecular weight is 334 g/mol. The van der Waals surface area contributed by atoms with E-state index in [0.717, 1.165) is 27.4 Å². The Morgan fingerprint density at radius 1 is 1.13 bits per heavy atom. The number of benzene rings is 1. The largest absolute Gasteiger partial charge is 0.294 e. The van der Waals surface area contributed by atoms with Crippen molar-refractivity contribution >= 4 is 37.6 Å². The third kappa shape index (κ3) is 3.42. The van der Waals surface area contributed by atoms with E-state index in [1.54, 1.807) is 0 Å². The van der Waals surface area contributed by atoms with E-state index in [1.165, 1.54) is 0 Å². The molecule has 0 bridgehead atoms. The number of Topliss-reactive ketones (excluding diaryl/α,β-unsaturated/α-hetero) is 1. The van der Waals surface area contributed by atoms with Gasteiger partial charge in [0.1, 0.15) is 0 Å². The topological polar surface area (TPSA) is 17.1 Å². The van der Waals surface area contributed by atoms with Gasteiger partial charge in [-0.15, -0.1) is 0 Å². The zero-order chi connectivity index (χ0) is 11.4. The molecule has 0 aromatic heterocycles. The van der Waals surface area contributed by atoms with Crippen molar-refractivity contribution in [3.8, 4) is 0 Å². The third-order valence-corrected chi connectivity index (χ3v) is 3.42. The highest BCUT2D eigenvalue weighted by atomic mass is 79.9. The van der Waals surface area contributed by atoms with E-state index in [-0.39, 0.29) is 11.7 Å². The minimum atomic E-state index is 0.145. The van der Waals surface area contributed by atoms with Crippen LogP contribution in [-0.2, 0) is 0 Å². The van der Waals surface area contributed by atoms with Gasteiger partial charge in [-0.1, -0.05) is 45.7 Å². The molecule has 0 unspecified atom stereocenters. The summed E-state index contributed by atoms with van der Waals surface area (Å²) in [7, 11) is 0. The van der Waals surface area contributed by atoms with Gasteiger partial charge in [0, 0.05) is 20.4 Å². The van der Waals surface area contributed by atoms with Crippen LogP contribution in [0.2, 0.25) is 0 Å².